The number of aromatic amines is 1. The molecular weight excluding hydrogens is 426 g/mol. The Labute approximate surface area is 201 Å². The fourth-order valence-electron chi connectivity index (χ4n) is 5.02. The molecule has 1 fully saturated rings. The molecule has 0 aliphatic carbocycles. The number of nitriles is 1. The van der Waals surface area contributed by atoms with Crippen LogP contribution in [0, 0.1) is 18.3 Å². The van der Waals surface area contributed by atoms with E-state index in [2.05, 4.69) is 51.0 Å². The summed E-state index contributed by atoms with van der Waals surface area (Å²) in [5.74, 6) is 2.08. The third-order valence-electron chi connectivity index (χ3n) is 6.75. The van der Waals surface area contributed by atoms with Crippen LogP contribution in [0.3, 0.4) is 0 Å². The largest absolute Gasteiger partial charge is 0.388 e. The lowest BCUT2D eigenvalue weighted by atomic mass is 9.88. The Morgan fingerprint density at radius 1 is 1.15 bits per heavy atom. The number of hydrogen-bond acceptors (Lipinski definition) is 8. The molecular formula is C25H35N9. The van der Waals surface area contributed by atoms with Gasteiger partial charge in [-0.15, -0.1) is 0 Å². The molecule has 0 bridgehead atoms. The Bertz CT molecular complexity index is 1130. The van der Waals surface area contributed by atoms with Gasteiger partial charge < -0.3 is 16.0 Å². The Kier molecular flexibility index (Phi) is 7.48. The molecule has 0 saturated carbocycles. The van der Waals surface area contributed by atoms with Crippen molar-refractivity contribution in [1.29, 1.82) is 5.26 Å². The molecule has 4 rings (SSSR count). The highest BCUT2D eigenvalue weighted by atomic mass is 15.2. The van der Waals surface area contributed by atoms with Crippen molar-refractivity contribution >= 4 is 34.2 Å². The van der Waals surface area contributed by atoms with E-state index in [1.54, 1.807) is 0 Å². The SMILES string of the molecule is CCC1CC(Nc2nc(Nc3cc(C)[nH]n3)c3ccc(NC)cc3n2)CC(CC)N1CCC#N. The maximum atomic E-state index is 9.10. The van der Waals surface area contributed by atoms with E-state index in [0.29, 0.717) is 24.5 Å². The first kappa shape index (κ1) is 23.8. The second-order valence-electron chi connectivity index (χ2n) is 9.02. The molecule has 2 unspecified atom stereocenters. The van der Waals surface area contributed by atoms with E-state index < -0.39 is 0 Å². The molecule has 0 radical (unpaired) electrons. The van der Waals surface area contributed by atoms with Gasteiger partial charge in [-0.25, -0.2) is 4.98 Å². The molecule has 2 atom stereocenters. The van der Waals surface area contributed by atoms with E-state index in [4.69, 9.17) is 15.2 Å². The van der Waals surface area contributed by atoms with E-state index >= 15 is 0 Å². The number of hydrogen-bond donors (Lipinski definition) is 4. The minimum absolute atomic E-state index is 0.277. The summed E-state index contributed by atoms with van der Waals surface area (Å²) in [5.41, 5.74) is 2.85. The summed E-state index contributed by atoms with van der Waals surface area (Å²) >= 11 is 0. The van der Waals surface area contributed by atoms with Gasteiger partial charge in [-0.05, 0) is 50.8 Å². The van der Waals surface area contributed by atoms with Crippen molar-refractivity contribution in [1.82, 2.24) is 25.1 Å². The van der Waals surface area contributed by atoms with E-state index in [1.165, 1.54) is 0 Å². The number of benzene rings is 1. The summed E-state index contributed by atoms with van der Waals surface area (Å²) in [6.07, 6.45) is 4.73. The summed E-state index contributed by atoms with van der Waals surface area (Å²) in [7, 11) is 1.91. The lowest BCUT2D eigenvalue weighted by Gasteiger charge is -2.45. The van der Waals surface area contributed by atoms with Crippen LogP contribution in [0.5, 0.6) is 0 Å². The minimum Gasteiger partial charge on any atom is -0.388 e. The van der Waals surface area contributed by atoms with Crippen LogP contribution >= 0.6 is 0 Å². The standard InChI is InChI=1S/C25H35N9/c1-5-19-13-18(14-20(6-2)34(19)11-7-10-26)28-25-29-22-15-17(27-4)8-9-21(22)24(31-25)30-23-12-16(3)32-33-23/h8-9,12,15,18-20,27H,5-7,11,13-14H2,1-4H3,(H3,28,29,30,31,32,33). The molecule has 1 aliphatic rings. The first-order valence-electron chi connectivity index (χ1n) is 12.2. The fraction of sp³-hybridized carbons (Fsp3) is 0.520. The smallest absolute Gasteiger partial charge is 0.225 e. The average Bonchev–Trinajstić information content (AvgIpc) is 3.26. The van der Waals surface area contributed by atoms with Crippen LogP contribution in [0.25, 0.3) is 10.9 Å². The zero-order valence-corrected chi connectivity index (χ0v) is 20.5. The van der Waals surface area contributed by atoms with Crippen molar-refractivity contribution in [2.75, 3.05) is 29.5 Å². The number of piperidine rings is 1. The van der Waals surface area contributed by atoms with Crippen LogP contribution < -0.4 is 16.0 Å². The second-order valence-corrected chi connectivity index (χ2v) is 9.02. The molecule has 1 aromatic carbocycles. The summed E-state index contributed by atoms with van der Waals surface area (Å²) in [6, 6.07) is 11.5. The van der Waals surface area contributed by atoms with Crippen LogP contribution in [0.15, 0.2) is 24.3 Å². The Morgan fingerprint density at radius 3 is 2.53 bits per heavy atom. The Hall–Kier alpha value is -3.38. The highest BCUT2D eigenvalue weighted by Gasteiger charge is 2.33. The molecule has 0 amide bonds. The molecule has 0 spiro atoms. The molecule has 9 nitrogen and oxygen atoms in total. The number of likely N-dealkylation sites (tertiary alicyclic amines) is 1. The van der Waals surface area contributed by atoms with Crippen LogP contribution in [0.2, 0.25) is 0 Å². The maximum Gasteiger partial charge on any atom is 0.225 e. The lowest BCUT2D eigenvalue weighted by molar-refractivity contribution is 0.0734. The van der Waals surface area contributed by atoms with Crippen molar-refractivity contribution in [2.24, 2.45) is 0 Å². The Morgan fingerprint density at radius 2 is 1.91 bits per heavy atom. The maximum absolute atomic E-state index is 9.10. The molecule has 3 heterocycles. The van der Waals surface area contributed by atoms with E-state index in [1.807, 2.05) is 38.2 Å². The Balaban J connectivity index is 1.62. The summed E-state index contributed by atoms with van der Waals surface area (Å²) < 4.78 is 0. The molecule has 1 aliphatic heterocycles. The molecule has 34 heavy (non-hydrogen) atoms. The van der Waals surface area contributed by atoms with Gasteiger partial charge in [-0.1, -0.05) is 13.8 Å². The van der Waals surface area contributed by atoms with Gasteiger partial charge in [0.15, 0.2) is 5.82 Å². The first-order chi connectivity index (χ1) is 16.5. The topological polar surface area (TPSA) is 118 Å². The van der Waals surface area contributed by atoms with Gasteiger partial charge in [-0.2, -0.15) is 15.3 Å². The number of rotatable bonds is 9. The number of nitrogens with zero attached hydrogens (tertiary/aromatic N) is 5. The van der Waals surface area contributed by atoms with Crippen LogP contribution in [-0.2, 0) is 0 Å². The number of anilines is 4. The van der Waals surface area contributed by atoms with Crippen molar-refractivity contribution in [3.8, 4) is 6.07 Å². The van der Waals surface area contributed by atoms with Gasteiger partial charge in [0, 0.05) is 61.0 Å². The van der Waals surface area contributed by atoms with Gasteiger partial charge in [0.2, 0.25) is 5.95 Å². The highest BCUT2D eigenvalue weighted by molar-refractivity contribution is 5.93. The molecule has 180 valence electrons. The van der Waals surface area contributed by atoms with Crippen molar-refractivity contribution in [3.63, 3.8) is 0 Å². The normalized spacial score (nSPS) is 20.7. The number of nitrogens with one attached hydrogen (secondary N) is 4. The summed E-state index contributed by atoms with van der Waals surface area (Å²) in [4.78, 5) is 12.3. The zero-order valence-electron chi connectivity index (χ0n) is 20.5. The van der Waals surface area contributed by atoms with Gasteiger partial charge in [0.25, 0.3) is 0 Å². The van der Waals surface area contributed by atoms with Gasteiger partial charge in [0.1, 0.15) is 5.82 Å². The fourth-order valence-corrected chi connectivity index (χ4v) is 5.02. The number of H-pyrrole nitrogens is 1. The predicted molar refractivity (Wildman–Crippen MR) is 137 cm³/mol. The monoisotopic (exact) mass is 461 g/mol. The lowest BCUT2D eigenvalue weighted by Crippen LogP contribution is -2.52. The number of fused-ring (bicyclic) bond motifs is 1. The molecule has 3 aromatic rings. The number of aryl methyl sites for hydroxylation is 1. The average molecular weight is 462 g/mol. The summed E-state index contributed by atoms with van der Waals surface area (Å²) in [5, 5.41) is 27.5. The van der Waals surface area contributed by atoms with Crippen molar-refractivity contribution in [2.45, 2.75) is 71.0 Å². The molecule has 4 N–H and O–H groups in total. The predicted octanol–water partition coefficient (Wildman–Crippen LogP) is 4.79. The van der Waals surface area contributed by atoms with Crippen molar-refractivity contribution in [3.05, 3.63) is 30.0 Å². The molecule has 9 heteroatoms. The number of aromatic nitrogens is 4. The van der Waals surface area contributed by atoms with Gasteiger partial charge in [0.05, 0.1) is 11.6 Å². The van der Waals surface area contributed by atoms with Gasteiger partial charge >= 0.3 is 0 Å². The first-order valence-corrected chi connectivity index (χ1v) is 12.2. The van der Waals surface area contributed by atoms with Crippen LogP contribution in [-0.4, -0.2) is 56.8 Å². The molecule has 1 saturated heterocycles. The van der Waals surface area contributed by atoms with Crippen molar-refractivity contribution < 1.29 is 0 Å². The quantitative estimate of drug-likeness (QED) is 0.359. The van der Waals surface area contributed by atoms with E-state index in [-0.39, 0.29) is 6.04 Å². The second kappa shape index (κ2) is 10.7. The highest BCUT2D eigenvalue weighted by Crippen LogP contribution is 2.31. The van der Waals surface area contributed by atoms with Crippen LogP contribution in [0.4, 0.5) is 23.3 Å². The van der Waals surface area contributed by atoms with Crippen LogP contribution in [0.1, 0.15) is 51.6 Å². The molecule has 2 aromatic heterocycles. The zero-order chi connectivity index (χ0) is 24.1. The minimum atomic E-state index is 0.277. The van der Waals surface area contributed by atoms with E-state index in [0.717, 1.165) is 66.1 Å². The van der Waals surface area contributed by atoms with E-state index in [9.17, 15) is 0 Å². The third-order valence-corrected chi connectivity index (χ3v) is 6.75. The third kappa shape index (κ3) is 5.23. The van der Waals surface area contributed by atoms with Gasteiger partial charge in [-0.3, -0.25) is 10.00 Å². The summed E-state index contributed by atoms with van der Waals surface area (Å²) in [6.45, 7) is 7.29.